The molecule has 0 fully saturated rings. The molecule has 1 rings (SSSR count). The monoisotopic (exact) mass is 220 g/mol. The van der Waals surface area contributed by atoms with E-state index < -0.39 is 17.2 Å². The summed E-state index contributed by atoms with van der Waals surface area (Å²) in [6, 6.07) is 1.01. The van der Waals surface area contributed by atoms with E-state index in [1.807, 2.05) is 0 Å². The summed E-state index contributed by atoms with van der Waals surface area (Å²) in [6.07, 6.45) is 0. The maximum atomic E-state index is 13.5. The van der Waals surface area contributed by atoms with Gasteiger partial charge in [-0.15, -0.1) is 0 Å². The third-order valence-corrected chi connectivity index (χ3v) is 2.31. The molecule has 0 saturated heterocycles. The van der Waals surface area contributed by atoms with Crippen LogP contribution >= 0.6 is 11.6 Å². The molecule has 4 heteroatoms. The molecular formula is C10H11ClF2O. The number of halogens is 3. The number of benzene rings is 1. The normalized spacial score (nSPS) is 11.9. The fourth-order valence-electron chi connectivity index (χ4n) is 1.25. The van der Waals surface area contributed by atoms with E-state index in [1.54, 1.807) is 0 Å². The minimum atomic E-state index is -1.42. The van der Waals surface area contributed by atoms with Crippen molar-refractivity contribution in [1.82, 2.24) is 0 Å². The summed E-state index contributed by atoms with van der Waals surface area (Å²) >= 11 is 5.65. The first-order valence-corrected chi connectivity index (χ1v) is 4.50. The summed E-state index contributed by atoms with van der Waals surface area (Å²) in [5.41, 5.74) is -1.62. The minimum absolute atomic E-state index is 0.0712. The Morgan fingerprint density at radius 3 is 2.29 bits per heavy atom. The third kappa shape index (κ3) is 1.88. The fourth-order valence-corrected chi connectivity index (χ4v) is 1.66. The Morgan fingerprint density at radius 2 is 1.86 bits per heavy atom. The van der Waals surface area contributed by atoms with Crippen LogP contribution in [0.15, 0.2) is 6.07 Å². The van der Waals surface area contributed by atoms with Gasteiger partial charge in [-0.3, -0.25) is 0 Å². The zero-order valence-corrected chi connectivity index (χ0v) is 8.91. The number of hydrogen-bond acceptors (Lipinski definition) is 1. The van der Waals surface area contributed by atoms with Crippen molar-refractivity contribution in [3.05, 3.63) is 33.9 Å². The molecule has 0 atom stereocenters. The molecule has 0 saturated carbocycles. The van der Waals surface area contributed by atoms with Crippen LogP contribution in [0.1, 0.15) is 25.0 Å². The van der Waals surface area contributed by atoms with Gasteiger partial charge in [-0.05, 0) is 26.8 Å². The van der Waals surface area contributed by atoms with Crippen molar-refractivity contribution in [1.29, 1.82) is 0 Å². The second-order valence-electron chi connectivity index (χ2n) is 3.71. The molecule has 0 aromatic heterocycles. The summed E-state index contributed by atoms with van der Waals surface area (Å²) in [5, 5.41) is 9.52. The van der Waals surface area contributed by atoms with E-state index in [2.05, 4.69) is 0 Å². The van der Waals surface area contributed by atoms with Gasteiger partial charge in [-0.1, -0.05) is 11.6 Å². The van der Waals surface area contributed by atoms with Crippen molar-refractivity contribution >= 4 is 11.6 Å². The van der Waals surface area contributed by atoms with E-state index in [0.717, 1.165) is 6.07 Å². The zero-order chi connectivity index (χ0) is 11.1. The smallest absolute Gasteiger partial charge is 0.136 e. The van der Waals surface area contributed by atoms with E-state index >= 15 is 0 Å². The van der Waals surface area contributed by atoms with Crippen LogP contribution in [0.4, 0.5) is 8.78 Å². The highest BCUT2D eigenvalue weighted by atomic mass is 35.5. The van der Waals surface area contributed by atoms with Crippen LogP contribution < -0.4 is 0 Å². The van der Waals surface area contributed by atoms with Gasteiger partial charge < -0.3 is 5.11 Å². The second kappa shape index (κ2) is 3.48. The van der Waals surface area contributed by atoms with Crippen LogP contribution in [-0.2, 0) is 5.60 Å². The number of hydrogen-bond donors (Lipinski definition) is 1. The molecule has 0 aliphatic heterocycles. The molecule has 1 aromatic rings. The van der Waals surface area contributed by atoms with Crippen LogP contribution in [0, 0.1) is 18.6 Å². The van der Waals surface area contributed by atoms with Crippen molar-refractivity contribution in [2.75, 3.05) is 0 Å². The van der Waals surface area contributed by atoms with Gasteiger partial charge in [0.05, 0.1) is 10.6 Å². The molecular weight excluding hydrogens is 210 g/mol. The van der Waals surface area contributed by atoms with E-state index in [4.69, 9.17) is 11.6 Å². The highest BCUT2D eigenvalue weighted by molar-refractivity contribution is 6.31. The Kier molecular flexibility index (Phi) is 2.83. The highest BCUT2D eigenvalue weighted by Gasteiger charge is 2.26. The van der Waals surface area contributed by atoms with Gasteiger partial charge in [0.1, 0.15) is 11.6 Å². The molecule has 14 heavy (non-hydrogen) atoms. The largest absolute Gasteiger partial charge is 0.386 e. The lowest BCUT2D eigenvalue weighted by Gasteiger charge is -2.21. The minimum Gasteiger partial charge on any atom is -0.386 e. The Labute approximate surface area is 86.3 Å². The van der Waals surface area contributed by atoms with Gasteiger partial charge in [0.2, 0.25) is 0 Å². The van der Waals surface area contributed by atoms with Crippen molar-refractivity contribution < 1.29 is 13.9 Å². The molecule has 0 heterocycles. The maximum Gasteiger partial charge on any atom is 0.136 e. The lowest BCUT2D eigenvalue weighted by atomic mass is 9.95. The molecule has 0 spiro atoms. The first kappa shape index (κ1) is 11.4. The van der Waals surface area contributed by atoms with Crippen molar-refractivity contribution in [3.8, 4) is 0 Å². The Balaban J connectivity index is 3.53. The van der Waals surface area contributed by atoms with Crippen molar-refractivity contribution in [2.45, 2.75) is 26.4 Å². The fraction of sp³-hybridized carbons (Fsp3) is 0.400. The predicted molar refractivity (Wildman–Crippen MR) is 51.3 cm³/mol. The average Bonchev–Trinajstić information content (AvgIpc) is 1.97. The first-order valence-electron chi connectivity index (χ1n) is 4.12. The van der Waals surface area contributed by atoms with Gasteiger partial charge in [0.25, 0.3) is 0 Å². The molecule has 78 valence electrons. The van der Waals surface area contributed by atoms with Gasteiger partial charge in [0.15, 0.2) is 0 Å². The molecule has 0 unspecified atom stereocenters. The summed E-state index contributed by atoms with van der Waals surface area (Å²) in [5.74, 6) is -1.50. The summed E-state index contributed by atoms with van der Waals surface area (Å²) < 4.78 is 26.5. The molecule has 1 aromatic carbocycles. The molecule has 0 amide bonds. The van der Waals surface area contributed by atoms with E-state index in [9.17, 15) is 13.9 Å². The molecule has 0 aliphatic rings. The number of aliphatic hydroxyl groups is 1. The summed E-state index contributed by atoms with van der Waals surface area (Å²) in [4.78, 5) is 0. The summed E-state index contributed by atoms with van der Waals surface area (Å²) in [6.45, 7) is 4.10. The first-order chi connectivity index (χ1) is 6.25. The molecule has 1 N–H and O–H groups in total. The van der Waals surface area contributed by atoms with E-state index in [0.29, 0.717) is 0 Å². The zero-order valence-electron chi connectivity index (χ0n) is 8.16. The Bertz CT molecular complexity index is 369. The summed E-state index contributed by atoms with van der Waals surface area (Å²) in [7, 11) is 0. The van der Waals surface area contributed by atoms with Crippen molar-refractivity contribution in [2.24, 2.45) is 0 Å². The van der Waals surface area contributed by atoms with Crippen LogP contribution in [0.25, 0.3) is 0 Å². The maximum absolute atomic E-state index is 13.5. The van der Waals surface area contributed by atoms with Gasteiger partial charge >= 0.3 is 0 Å². The van der Waals surface area contributed by atoms with E-state index in [1.165, 1.54) is 20.8 Å². The Morgan fingerprint density at radius 1 is 1.36 bits per heavy atom. The van der Waals surface area contributed by atoms with Gasteiger partial charge in [-0.2, -0.15) is 0 Å². The SMILES string of the molecule is Cc1c(F)cc(Cl)c(C(C)(C)O)c1F. The molecule has 1 nitrogen and oxygen atoms in total. The molecule has 0 radical (unpaired) electrons. The lowest BCUT2D eigenvalue weighted by Crippen LogP contribution is -2.19. The average molecular weight is 221 g/mol. The molecule has 0 aliphatic carbocycles. The third-order valence-electron chi connectivity index (χ3n) is 2.01. The second-order valence-corrected chi connectivity index (χ2v) is 4.12. The predicted octanol–water partition coefficient (Wildman–Crippen LogP) is 3.15. The van der Waals surface area contributed by atoms with Crippen LogP contribution in [-0.4, -0.2) is 5.11 Å². The number of rotatable bonds is 1. The van der Waals surface area contributed by atoms with Crippen LogP contribution in [0.5, 0.6) is 0 Å². The topological polar surface area (TPSA) is 20.2 Å². The molecule has 0 bridgehead atoms. The standard InChI is InChI=1S/C10H11ClF2O/c1-5-7(12)4-6(11)8(9(5)13)10(2,3)14/h4,14H,1-3H3. The lowest BCUT2D eigenvalue weighted by molar-refractivity contribution is 0.0744. The van der Waals surface area contributed by atoms with E-state index in [-0.39, 0.29) is 16.1 Å². The van der Waals surface area contributed by atoms with Crippen LogP contribution in [0.3, 0.4) is 0 Å². The quantitative estimate of drug-likeness (QED) is 0.771. The van der Waals surface area contributed by atoms with Crippen LogP contribution in [0.2, 0.25) is 5.02 Å². The highest BCUT2D eigenvalue weighted by Crippen LogP contribution is 2.32. The Hall–Kier alpha value is -0.670. The van der Waals surface area contributed by atoms with Crippen molar-refractivity contribution in [3.63, 3.8) is 0 Å². The van der Waals surface area contributed by atoms with Gasteiger partial charge in [-0.25, -0.2) is 8.78 Å². The van der Waals surface area contributed by atoms with Gasteiger partial charge in [0, 0.05) is 11.1 Å².